The van der Waals surface area contributed by atoms with Crippen LogP contribution in [0.5, 0.6) is 0 Å². The maximum atomic E-state index is 6.05. The zero-order valence-corrected chi connectivity index (χ0v) is 13.9. The first-order chi connectivity index (χ1) is 10.2. The molecule has 1 unspecified atom stereocenters. The number of halogens is 1. The molecule has 1 aliphatic heterocycles. The lowest BCUT2D eigenvalue weighted by molar-refractivity contribution is 0.646. The number of anilines is 1. The summed E-state index contributed by atoms with van der Waals surface area (Å²) < 4.78 is 1.16. The number of benzene rings is 2. The molecule has 0 amide bonds. The molecule has 0 bridgehead atoms. The van der Waals surface area contributed by atoms with Gasteiger partial charge in [0, 0.05) is 23.6 Å². The van der Waals surface area contributed by atoms with Crippen LogP contribution in [0.1, 0.15) is 30.0 Å². The van der Waals surface area contributed by atoms with Crippen LogP contribution in [-0.2, 0) is 19.5 Å². The minimum Gasteiger partial charge on any atom is -0.362 e. The number of rotatable bonds is 4. The molecule has 1 aliphatic rings. The number of nitrogens with two attached hydrogens (primary N) is 1. The van der Waals surface area contributed by atoms with Gasteiger partial charge in [0.25, 0.3) is 0 Å². The molecule has 2 N–H and O–H groups in total. The lowest BCUT2D eigenvalue weighted by atomic mass is 10.0. The number of hydrogen-bond donors (Lipinski definition) is 1. The summed E-state index contributed by atoms with van der Waals surface area (Å²) in [7, 11) is 0. The van der Waals surface area contributed by atoms with Crippen LogP contribution in [0.3, 0.4) is 0 Å². The molecule has 1 heterocycles. The molecule has 3 heteroatoms. The second kappa shape index (κ2) is 6.20. The Kier molecular flexibility index (Phi) is 4.32. The summed E-state index contributed by atoms with van der Waals surface area (Å²) in [5.41, 5.74) is 11.5. The van der Waals surface area contributed by atoms with E-state index >= 15 is 0 Å². The molecule has 0 aromatic heterocycles. The summed E-state index contributed by atoms with van der Waals surface area (Å²) in [6.07, 6.45) is 1.95. The summed E-state index contributed by atoms with van der Waals surface area (Å²) in [5.74, 6) is 0. The van der Waals surface area contributed by atoms with Crippen LogP contribution in [0, 0.1) is 0 Å². The molecule has 0 radical (unpaired) electrons. The molecule has 21 heavy (non-hydrogen) atoms. The predicted octanol–water partition coefficient (Wildman–Crippen LogP) is 4.25. The van der Waals surface area contributed by atoms with Gasteiger partial charge in [0.2, 0.25) is 0 Å². The second-order valence-electron chi connectivity index (χ2n) is 5.78. The van der Waals surface area contributed by atoms with Crippen molar-refractivity contribution in [1.82, 2.24) is 0 Å². The third-order valence-electron chi connectivity index (χ3n) is 4.22. The quantitative estimate of drug-likeness (QED) is 0.898. The van der Waals surface area contributed by atoms with Gasteiger partial charge < -0.3 is 10.6 Å². The van der Waals surface area contributed by atoms with Crippen LogP contribution in [-0.4, -0.2) is 6.04 Å². The first-order valence-electron chi connectivity index (χ1n) is 7.53. The van der Waals surface area contributed by atoms with E-state index in [1.807, 2.05) is 0 Å². The van der Waals surface area contributed by atoms with Gasteiger partial charge in [-0.15, -0.1) is 0 Å². The van der Waals surface area contributed by atoms with E-state index in [0.717, 1.165) is 30.4 Å². The Morgan fingerprint density at radius 2 is 1.81 bits per heavy atom. The van der Waals surface area contributed by atoms with E-state index in [0.29, 0.717) is 0 Å². The van der Waals surface area contributed by atoms with Crippen LogP contribution in [0.2, 0.25) is 0 Å². The molecule has 2 nitrogen and oxygen atoms in total. The molecule has 2 aromatic rings. The lowest BCUT2D eigenvalue weighted by Gasteiger charge is -2.20. The molecule has 0 saturated carbocycles. The van der Waals surface area contributed by atoms with E-state index in [-0.39, 0.29) is 6.04 Å². The fourth-order valence-corrected chi connectivity index (χ4v) is 3.56. The van der Waals surface area contributed by atoms with E-state index in [4.69, 9.17) is 5.73 Å². The minimum absolute atomic E-state index is 0.249. The van der Waals surface area contributed by atoms with Crippen LogP contribution in [0.25, 0.3) is 0 Å². The molecule has 0 spiro atoms. The highest BCUT2D eigenvalue weighted by atomic mass is 79.9. The normalized spacial score (nSPS) is 15.1. The Balaban J connectivity index is 1.79. The Bertz CT molecular complexity index is 614. The third kappa shape index (κ3) is 3.14. The van der Waals surface area contributed by atoms with Gasteiger partial charge in [-0.1, -0.05) is 37.3 Å². The van der Waals surface area contributed by atoms with Crippen molar-refractivity contribution in [3.8, 4) is 0 Å². The number of fused-ring (bicyclic) bond motifs is 1. The molecule has 0 saturated heterocycles. The standard InChI is InChI=1S/C18H21BrN2/c1-2-16(20)9-13-7-8-18(17(19)10-13)21-11-14-5-3-4-6-15(14)12-21/h3-8,10,16H,2,9,11-12,20H2,1H3. The van der Waals surface area contributed by atoms with Gasteiger partial charge in [-0.3, -0.25) is 0 Å². The van der Waals surface area contributed by atoms with Crippen molar-refractivity contribution in [2.45, 2.75) is 38.9 Å². The van der Waals surface area contributed by atoms with Gasteiger partial charge in [-0.05, 0) is 57.6 Å². The Labute approximate surface area is 135 Å². The Morgan fingerprint density at radius 1 is 1.14 bits per heavy atom. The van der Waals surface area contributed by atoms with E-state index in [2.05, 4.69) is 70.2 Å². The average molecular weight is 345 g/mol. The summed E-state index contributed by atoms with van der Waals surface area (Å²) in [5, 5.41) is 0. The van der Waals surface area contributed by atoms with Crippen molar-refractivity contribution in [3.05, 3.63) is 63.6 Å². The highest BCUT2D eigenvalue weighted by Gasteiger charge is 2.20. The first kappa shape index (κ1) is 14.6. The van der Waals surface area contributed by atoms with Crippen molar-refractivity contribution < 1.29 is 0 Å². The minimum atomic E-state index is 0.249. The van der Waals surface area contributed by atoms with Gasteiger partial charge in [-0.25, -0.2) is 0 Å². The zero-order chi connectivity index (χ0) is 14.8. The highest BCUT2D eigenvalue weighted by Crippen LogP contribution is 2.34. The highest BCUT2D eigenvalue weighted by molar-refractivity contribution is 9.10. The topological polar surface area (TPSA) is 29.3 Å². The van der Waals surface area contributed by atoms with Crippen LogP contribution in [0.15, 0.2) is 46.9 Å². The molecule has 3 rings (SSSR count). The smallest absolute Gasteiger partial charge is 0.0516 e. The number of hydrogen-bond acceptors (Lipinski definition) is 2. The van der Waals surface area contributed by atoms with E-state index in [1.54, 1.807) is 0 Å². The van der Waals surface area contributed by atoms with Crippen LogP contribution < -0.4 is 10.6 Å². The molecule has 0 aliphatic carbocycles. The van der Waals surface area contributed by atoms with Crippen LogP contribution >= 0.6 is 15.9 Å². The zero-order valence-electron chi connectivity index (χ0n) is 12.3. The third-order valence-corrected chi connectivity index (χ3v) is 4.85. The van der Waals surface area contributed by atoms with Crippen molar-refractivity contribution in [2.24, 2.45) is 5.73 Å². The summed E-state index contributed by atoms with van der Waals surface area (Å²) in [6.45, 7) is 4.11. The van der Waals surface area contributed by atoms with Gasteiger partial charge in [0.15, 0.2) is 0 Å². The maximum absolute atomic E-state index is 6.05. The maximum Gasteiger partial charge on any atom is 0.0516 e. The Morgan fingerprint density at radius 3 is 2.38 bits per heavy atom. The van der Waals surface area contributed by atoms with Crippen molar-refractivity contribution in [3.63, 3.8) is 0 Å². The van der Waals surface area contributed by atoms with Gasteiger partial charge >= 0.3 is 0 Å². The summed E-state index contributed by atoms with van der Waals surface area (Å²) in [4.78, 5) is 2.41. The Hall–Kier alpha value is -1.32. The number of nitrogens with zero attached hydrogens (tertiary/aromatic N) is 1. The fraction of sp³-hybridized carbons (Fsp3) is 0.333. The SMILES string of the molecule is CCC(N)Cc1ccc(N2Cc3ccccc3C2)c(Br)c1. The van der Waals surface area contributed by atoms with Crippen molar-refractivity contribution >= 4 is 21.6 Å². The molecular formula is C18H21BrN2. The molecule has 1 atom stereocenters. The van der Waals surface area contributed by atoms with E-state index < -0.39 is 0 Å². The van der Waals surface area contributed by atoms with Crippen molar-refractivity contribution in [2.75, 3.05) is 4.90 Å². The lowest BCUT2D eigenvalue weighted by Crippen LogP contribution is -2.21. The summed E-state index contributed by atoms with van der Waals surface area (Å²) in [6, 6.07) is 15.6. The molecule has 0 fully saturated rings. The second-order valence-corrected chi connectivity index (χ2v) is 6.64. The van der Waals surface area contributed by atoms with Gasteiger partial charge in [-0.2, -0.15) is 0 Å². The molecule has 2 aromatic carbocycles. The van der Waals surface area contributed by atoms with Crippen LogP contribution in [0.4, 0.5) is 5.69 Å². The average Bonchev–Trinajstić information content (AvgIpc) is 2.90. The van der Waals surface area contributed by atoms with Gasteiger partial charge in [0.1, 0.15) is 0 Å². The fourth-order valence-electron chi connectivity index (χ4n) is 2.88. The van der Waals surface area contributed by atoms with E-state index in [9.17, 15) is 0 Å². The largest absolute Gasteiger partial charge is 0.362 e. The molecular weight excluding hydrogens is 324 g/mol. The van der Waals surface area contributed by atoms with E-state index in [1.165, 1.54) is 22.4 Å². The summed E-state index contributed by atoms with van der Waals surface area (Å²) >= 11 is 3.73. The molecule has 110 valence electrons. The predicted molar refractivity (Wildman–Crippen MR) is 92.4 cm³/mol. The first-order valence-corrected chi connectivity index (χ1v) is 8.32. The van der Waals surface area contributed by atoms with Crippen molar-refractivity contribution in [1.29, 1.82) is 0 Å². The monoisotopic (exact) mass is 344 g/mol. The van der Waals surface area contributed by atoms with Gasteiger partial charge in [0.05, 0.1) is 5.69 Å².